The number of carbonyl (C=O) groups excluding carboxylic acids is 1. The van der Waals surface area contributed by atoms with Crippen molar-refractivity contribution in [3.63, 3.8) is 0 Å². The zero-order valence-electron chi connectivity index (χ0n) is 18.3. The van der Waals surface area contributed by atoms with Crippen LogP contribution in [0.15, 0.2) is 54.6 Å². The average molecular weight is 417 g/mol. The van der Waals surface area contributed by atoms with E-state index < -0.39 is 0 Å². The molecule has 0 unspecified atom stereocenters. The van der Waals surface area contributed by atoms with Crippen LogP contribution in [-0.4, -0.2) is 53.8 Å². The lowest BCUT2D eigenvalue weighted by Crippen LogP contribution is -2.50. The van der Waals surface area contributed by atoms with E-state index in [9.17, 15) is 4.79 Å². The van der Waals surface area contributed by atoms with E-state index in [4.69, 9.17) is 4.74 Å². The molecule has 1 aromatic heterocycles. The lowest BCUT2D eigenvalue weighted by molar-refractivity contribution is -0.133. The molecule has 1 aliphatic rings. The molecule has 6 heteroatoms. The summed E-state index contributed by atoms with van der Waals surface area (Å²) in [4.78, 5) is 16.5. The third-order valence-electron chi connectivity index (χ3n) is 5.65. The number of amides is 1. The fourth-order valence-electron chi connectivity index (χ4n) is 3.79. The molecule has 1 saturated heterocycles. The number of benzene rings is 2. The number of ether oxygens (including phenoxy) is 1. The molecule has 6 nitrogen and oxygen atoms in total. The van der Waals surface area contributed by atoms with Crippen LogP contribution in [-0.2, 0) is 4.79 Å². The maximum absolute atomic E-state index is 12.5. The summed E-state index contributed by atoms with van der Waals surface area (Å²) in [6, 6.07) is 18.1. The topological polar surface area (TPSA) is 58.6 Å². The summed E-state index contributed by atoms with van der Waals surface area (Å²) in [5, 5.41) is 8.89. The van der Waals surface area contributed by atoms with E-state index in [1.165, 1.54) is 16.7 Å². The molecule has 0 aliphatic carbocycles. The number of hydrogen-bond acceptors (Lipinski definition) is 5. The molecule has 0 atom stereocenters. The van der Waals surface area contributed by atoms with Crippen LogP contribution >= 0.6 is 0 Å². The van der Waals surface area contributed by atoms with Gasteiger partial charge in [-0.15, -0.1) is 10.2 Å². The molecule has 0 saturated carbocycles. The Bertz CT molecular complexity index is 1040. The highest BCUT2D eigenvalue weighted by Gasteiger charge is 2.22. The molecule has 0 bridgehead atoms. The van der Waals surface area contributed by atoms with Crippen molar-refractivity contribution in [1.29, 1.82) is 0 Å². The number of nitrogens with zero attached hydrogens (tertiary/aromatic N) is 4. The highest BCUT2D eigenvalue weighted by Crippen LogP contribution is 2.23. The van der Waals surface area contributed by atoms with Gasteiger partial charge in [0.25, 0.3) is 5.91 Å². The molecule has 1 amide bonds. The zero-order chi connectivity index (χ0) is 21.8. The Morgan fingerprint density at radius 3 is 2.23 bits per heavy atom. The number of aryl methyl sites for hydroxylation is 3. The second-order valence-corrected chi connectivity index (χ2v) is 8.06. The van der Waals surface area contributed by atoms with Crippen molar-refractivity contribution in [1.82, 2.24) is 15.1 Å². The summed E-state index contributed by atoms with van der Waals surface area (Å²) in [7, 11) is 0. The first-order chi connectivity index (χ1) is 15.0. The maximum atomic E-state index is 12.5. The number of anilines is 1. The Hall–Kier alpha value is -3.41. The molecule has 2 aromatic carbocycles. The number of hydrogen-bond donors (Lipinski definition) is 0. The third kappa shape index (κ3) is 5.02. The summed E-state index contributed by atoms with van der Waals surface area (Å²) in [6.45, 7) is 9.03. The molecule has 0 radical (unpaired) electrons. The molecule has 0 spiro atoms. The van der Waals surface area contributed by atoms with Crippen molar-refractivity contribution in [2.75, 3.05) is 37.7 Å². The van der Waals surface area contributed by atoms with E-state index in [1.54, 1.807) is 0 Å². The molecule has 2 heterocycles. The molecule has 160 valence electrons. The van der Waals surface area contributed by atoms with Crippen LogP contribution in [0.5, 0.6) is 5.75 Å². The van der Waals surface area contributed by atoms with Gasteiger partial charge in [0, 0.05) is 31.7 Å². The van der Waals surface area contributed by atoms with Gasteiger partial charge >= 0.3 is 0 Å². The van der Waals surface area contributed by atoms with E-state index in [0.717, 1.165) is 35.9 Å². The summed E-state index contributed by atoms with van der Waals surface area (Å²) in [5.74, 6) is 1.57. The van der Waals surface area contributed by atoms with E-state index in [-0.39, 0.29) is 12.5 Å². The largest absolute Gasteiger partial charge is 0.484 e. The fraction of sp³-hybridized carbons (Fsp3) is 0.320. The number of rotatable bonds is 5. The van der Waals surface area contributed by atoms with Gasteiger partial charge in [-0.2, -0.15) is 0 Å². The maximum Gasteiger partial charge on any atom is 0.260 e. The van der Waals surface area contributed by atoms with Crippen molar-refractivity contribution in [2.24, 2.45) is 0 Å². The molecule has 1 fully saturated rings. The smallest absolute Gasteiger partial charge is 0.260 e. The molecule has 0 N–H and O–H groups in total. The number of aromatic nitrogens is 2. The SMILES string of the molecule is Cc1ccc(OCC(=O)N2CCN(c3ccc(-c4ccc(C)cc4C)nn3)CC2)cc1. The lowest BCUT2D eigenvalue weighted by Gasteiger charge is -2.35. The highest BCUT2D eigenvalue weighted by molar-refractivity contribution is 5.78. The van der Waals surface area contributed by atoms with Crippen LogP contribution in [0.4, 0.5) is 5.82 Å². The standard InChI is InChI=1S/C25H28N4O2/c1-18-4-7-21(8-5-18)31-17-25(30)29-14-12-28(13-15-29)24-11-10-23(26-27-24)22-9-6-19(2)16-20(22)3/h4-11,16H,12-15,17H2,1-3H3. The van der Waals surface area contributed by atoms with Crippen molar-refractivity contribution in [3.8, 4) is 17.0 Å². The Balaban J connectivity index is 1.31. The first-order valence-corrected chi connectivity index (χ1v) is 10.6. The minimum Gasteiger partial charge on any atom is -0.484 e. The van der Waals surface area contributed by atoms with Crippen molar-refractivity contribution >= 4 is 11.7 Å². The number of carbonyl (C=O) groups is 1. The van der Waals surface area contributed by atoms with Crippen molar-refractivity contribution in [3.05, 3.63) is 71.3 Å². The van der Waals surface area contributed by atoms with Gasteiger partial charge < -0.3 is 14.5 Å². The van der Waals surface area contributed by atoms with Crippen LogP contribution in [0, 0.1) is 20.8 Å². The first-order valence-electron chi connectivity index (χ1n) is 10.6. The zero-order valence-corrected chi connectivity index (χ0v) is 18.3. The Morgan fingerprint density at radius 2 is 1.58 bits per heavy atom. The van der Waals surface area contributed by atoms with E-state index in [1.807, 2.05) is 48.2 Å². The summed E-state index contributed by atoms with van der Waals surface area (Å²) in [5.41, 5.74) is 5.58. The van der Waals surface area contributed by atoms with E-state index >= 15 is 0 Å². The van der Waals surface area contributed by atoms with Crippen LogP contribution in [0.1, 0.15) is 16.7 Å². The molecule has 31 heavy (non-hydrogen) atoms. The third-order valence-corrected chi connectivity index (χ3v) is 5.65. The van der Waals surface area contributed by atoms with E-state index in [2.05, 4.69) is 47.1 Å². The van der Waals surface area contributed by atoms with Gasteiger partial charge in [0.05, 0.1) is 5.69 Å². The normalized spacial score (nSPS) is 13.9. The van der Waals surface area contributed by atoms with Gasteiger partial charge in [-0.05, 0) is 50.6 Å². The molecular formula is C25H28N4O2. The highest BCUT2D eigenvalue weighted by atomic mass is 16.5. The van der Waals surface area contributed by atoms with Gasteiger partial charge in [-0.1, -0.05) is 41.5 Å². The molecule has 3 aromatic rings. The van der Waals surface area contributed by atoms with Crippen molar-refractivity contribution < 1.29 is 9.53 Å². The lowest BCUT2D eigenvalue weighted by atomic mass is 10.0. The van der Waals surface area contributed by atoms with Gasteiger partial charge in [0.1, 0.15) is 5.75 Å². The van der Waals surface area contributed by atoms with E-state index in [0.29, 0.717) is 13.1 Å². The monoisotopic (exact) mass is 416 g/mol. The van der Waals surface area contributed by atoms with Crippen LogP contribution in [0.25, 0.3) is 11.3 Å². The Morgan fingerprint density at radius 1 is 0.871 bits per heavy atom. The van der Waals surface area contributed by atoms with Crippen LogP contribution < -0.4 is 9.64 Å². The second kappa shape index (κ2) is 9.16. The van der Waals surface area contributed by atoms with Gasteiger partial charge in [0.15, 0.2) is 12.4 Å². The average Bonchev–Trinajstić information content (AvgIpc) is 2.79. The van der Waals surface area contributed by atoms with Gasteiger partial charge in [0.2, 0.25) is 0 Å². The Labute approximate surface area is 183 Å². The molecule has 1 aliphatic heterocycles. The van der Waals surface area contributed by atoms with Gasteiger partial charge in [-0.3, -0.25) is 4.79 Å². The fourth-order valence-corrected chi connectivity index (χ4v) is 3.79. The molecule has 4 rings (SSSR count). The van der Waals surface area contributed by atoms with Crippen LogP contribution in [0.2, 0.25) is 0 Å². The summed E-state index contributed by atoms with van der Waals surface area (Å²) in [6.07, 6.45) is 0. The Kier molecular flexibility index (Phi) is 6.16. The first kappa shape index (κ1) is 20.8. The summed E-state index contributed by atoms with van der Waals surface area (Å²) >= 11 is 0. The molecular weight excluding hydrogens is 388 g/mol. The number of piperazine rings is 1. The predicted octanol–water partition coefficient (Wildman–Crippen LogP) is 3.80. The summed E-state index contributed by atoms with van der Waals surface area (Å²) < 4.78 is 5.63. The second-order valence-electron chi connectivity index (χ2n) is 8.06. The quantitative estimate of drug-likeness (QED) is 0.633. The minimum atomic E-state index is 0.0107. The van der Waals surface area contributed by atoms with Crippen molar-refractivity contribution in [2.45, 2.75) is 20.8 Å². The van der Waals surface area contributed by atoms with Gasteiger partial charge in [-0.25, -0.2) is 0 Å². The predicted molar refractivity (Wildman–Crippen MR) is 122 cm³/mol. The van der Waals surface area contributed by atoms with Crippen LogP contribution in [0.3, 0.4) is 0 Å². The minimum absolute atomic E-state index is 0.0107.